The molecule has 0 spiro atoms. The summed E-state index contributed by atoms with van der Waals surface area (Å²) in [5.41, 5.74) is 1.84. The molecule has 1 amide bonds. The van der Waals surface area contributed by atoms with Crippen LogP contribution >= 0.6 is 0 Å². The van der Waals surface area contributed by atoms with Gasteiger partial charge in [-0.1, -0.05) is 6.92 Å². The van der Waals surface area contributed by atoms with Crippen molar-refractivity contribution in [3.63, 3.8) is 0 Å². The number of amides is 1. The maximum atomic E-state index is 13.8. The third-order valence-corrected chi connectivity index (χ3v) is 5.61. The van der Waals surface area contributed by atoms with Crippen LogP contribution in [-0.4, -0.2) is 65.3 Å². The average Bonchev–Trinajstić information content (AvgIpc) is 3.16. The highest BCUT2D eigenvalue weighted by Crippen LogP contribution is 2.29. The van der Waals surface area contributed by atoms with Gasteiger partial charge in [0, 0.05) is 31.9 Å². The molecule has 3 aromatic heterocycles. The molecule has 1 aliphatic rings. The second-order valence-electron chi connectivity index (χ2n) is 7.92. The van der Waals surface area contributed by atoms with E-state index in [1.165, 1.54) is 11.2 Å². The Labute approximate surface area is 184 Å². The van der Waals surface area contributed by atoms with Crippen LogP contribution in [0.4, 0.5) is 14.6 Å². The molecule has 170 valence electrons. The minimum Gasteiger partial charge on any atom is -0.356 e. The number of hydrogen-bond donors (Lipinski definition) is 1. The van der Waals surface area contributed by atoms with E-state index in [1.54, 1.807) is 19.3 Å². The molecule has 4 rings (SSSR count). The van der Waals surface area contributed by atoms with Gasteiger partial charge in [0.05, 0.1) is 12.1 Å². The van der Waals surface area contributed by atoms with Crippen LogP contribution in [0.3, 0.4) is 0 Å². The minimum atomic E-state index is -2.85. The summed E-state index contributed by atoms with van der Waals surface area (Å²) in [4.78, 5) is 36.1. The molecule has 1 saturated heterocycles. The first-order valence-corrected chi connectivity index (χ1v) is 10.8. The fourth-order valence-electron chi connectivity index (χ4n) is 3.95. The Kier molecular flexibility index (Phi) is 5.98. The predicted octanol–water partition coefficient (Wildman–Crippen LogP) is 3.06. The second kappa shape index (κ2) is 8.71. The van der Waals surface area contributed by atoms with Crippen LogP contribution in [0.5, 0.6) is 0 Å². The molecular weight excluding hydrogens is 418 g/mol. The Morgan fingerprint density at radius 2 is 1.97 bits per heavy atom. The first-order valence-electron chi connectivity index (χ1n) is 10.8. The monoisotopic (exact) mass is 444 g/mol. The number of piperidine rings is 1. The van der Waals surface area contributed by atoms with E-state index in [4.69, 9.17) is 4.98 Å². The van der Waals surface area contributed by atoms with Gasteiger partial charge in [-0.2, -0.15) is 0 Å². The number of anilines is 1. The van der Waals surface area contributed by atoms with E-state index in [9.17, 15) is 13.6 Å². The van der Waals surface area contributed by atoms with Gasteiger partial charge in [-0.3, -0.25) is 4.79 Å². The van der Waals surface area contributed by atoms with Crippen LogP contribution in [0.2, 0.25) is 0 Å². The normalized spacial score (nSPS) is 16.8. The molecule has 4 heterocycles. The molecule has 9 nitrogen and oxygen atoms in total. The van der Waals surface area contributed by atoms with E-state index in [0.29, 0.717) is 48.1 Å². The van der Waals surface area contributed by atoms with Crippen LogP contribution in [0.1, 0.15) is 38.9 Å². The van der Waals surface area contributed by atoms with Crippen molar-refractivity contribution in [3.8, 4) is 11.4 Å². The van der Waals surface area contributed by atoms with E-state index >= 15 is 0 Å². The fourth-order valence-corrected chi connectivity index (χ4v) is 3.95. The van der Waals surface area contributed by atoms with Crippen LogP contribution in [0, 0.1) is 6.92 Å². The zero-order chi connectivity index (χ0) is 22.9. The minimum absolute atomic E-state index is 0.187. The molecule has 1 atom stereocenters. The summed E-state index contributed by atoms with van der Waals surface area (Å²) in [5.74, 6) is -1.52. The molecule has 0 unspecified atom stereocenters. The number of rotatable bonds is 6. The number of aromatic nitrogens is 6. The lowest BCUT2D eigenvalue weighted by molar-refractivity contribution is -0.142. The van der Waals surface area contributed by atoms with Gasteiger partial charge in [-0.25, -0.2) is 33.7 Å². The van der Waals surface area contributed by atoms with Crippen molar-refractivity contribution >= 4 is 22.9 Å². The Morgan fingerprint density at radius 3 is 2.62 bits per heavy atom. The van der Waals surface area contributed by atoms with Gasteiger partial charge in [0.1, 0.15) is 24.0 Å². The van der Waals surface area contributed by atoms with Gasteiger partial charge >= 0.3 is 0 Å². The predicted molar refractivity (Wildman–Crippen MR) is 115 cm³/mol. The fraction of sp³-hybridized carbons (Fsp3) is 0.524. The molecule has 1 fully saturated rings. The maximum absolute atomic E-state index is 13.8. The average molecular weight is 444 g/mol. The summed E-state index contributed by atoms with van der Waals surface area (Å²) in [5, 5.41) is 3.13. The topological polar surface area (TPSA) is 102 Å². The molecule has 0 aromatic carbocycles. The van der Waals surface area contributed by atoms with Gasteiger partial charge in [-0.05, 0) is 26.7 Å². The number of likely N-dealkylation sites (tertiary alicyclic amines) is 1. The number of nitrogens with zero attached hydrogens (tertiary/aromatic N) is 7. The van der Waals surface area contributed by atoms with E-state index in [1.807, 2.05) is 18.4 Å². The third-order valence-electron chi connectivity index (χ3n) is 5.61. The van der Waals surface area contributed by atoms with Crippen molar-refractivity contribution in [3.05, 3.63) is 24.5 Å². The van der Waals surface area contributed by atoms with Crippen molar-refractivity contribution in [2.75, 3.05) is 18.4 Å². The first-order chi connectivity index (χ1) is 15.3. The van der Waals surface area contributed by atoms with Crippen LogP contribution in [0.25, 0.3) is 22.6 Å². The highest BCUT2D eigenvalue weighted by Gasteiger charge is 2.38. The second-order valence-corrected chi connectivity index (χ2v) is 7.92. The quantitative estimate of drug-likeness (QED) is 0.623. The van der Waals surface area contributed by atoms with Gasteiger partial charge in [0.15, 0.2) is 17.0 Å². The summed E-state index contributed by atoms with van der Waals surface area (Å²) < 4.78 is 29.6. The molecular formula is C21H26F2N8O. The Bertz CT molecular complexity index is 1110. The summed E-state index contributed by atoms with van der Waals surface area (Å²) in [6, 6.07) is -0.695. The lowest BCUT2D eigenvalue weighted by Crippen LogP contribution is -2.50. The van der Waals surface area contributed by atoms with E-state index < -0.39 is 18.5 Å². The lowest BCUT2D eigenvalue weighted by Gasteiger charge is -2.34. The highest BCUT2D eigenvalue weighted by atomic mass is 19.3. The van der Waals surface area contributed by atoms with Gasteiger partial charge < -0.3 is 14.8 Å². The van der Waals surface area contributed by atoms with Gasteiger partial charge in [0.2, 0.25) is 5.91 Å². The number of hydrogen-bond acceptors (Lipinski definition) is 7. The van der Waals surface area contributed by atoms with Gasteiger partial charge in [0.25, 0.3) is 5.92 Å². The summed E-state index contributed by atoms with van der Waals surface area (Å²) in [6.45, 7) is 5.99. The first kappa shape index (κ1) is 22.0. The number of carbonyl (C=O) groups is 1. The van der Waals surface area contributed by atoms with Crippen molar-refractivity contribution in [1.82, 2.24) is 34.4 Å². The largest absolute Gasteiger partial charge is 0.356 e. The standard InChI is InChI=1S/C21H26F2N8O/c1-4-15(20(32)30-8-6-7-21(22,23)11-30)28-17-16-19(27-12-26-17)31(5-2)18(29-16)14-9-24-13(3)25-10-14/h9-10,12,15H,4-8,11H2,1-3H3,(H,26,27,28)/t15-/m1/s1. The SMILES string of the molecule is CC[C@@H](Nc1ncnc2c1nc(-c1cnc(C)nc1)n2CC)C(=O)N1CCCC(F)(F)C1. The number of fused-ring (bicyclic) bond motifs is 1. The zero-order valence-corrected chi connectivity index (χ0v) is 18.3. The van der Waals surface area contributed by atoms with Crippen molar-refractivity contribution in [2.45, 2.75) is 58.5 Å². The molecule has 11 heteroatoms. The zero-order valence-electron chi connectivity index (χ0n) is 18.3. The Balaban J connectivity index is 1.66. The van der Waals surface area contributed by atoms with Crippen LogP contribution in [0.15, 0.2) is 18.7 Å². The number of nitrogens with one attached hydrogen (secondary N) is 1. The highest BCUT2D eigenvalue weighted by molar-refractivity contribution is 5.90. The Morgan fingerprint density at radius 1 is 1.22 bits per heavy atom. The number of aryl methyl sites for hydroxylation is 2. The van der Waals surface area contributed by atoms with Gasteiger partial charge in [-0.15, -0.1) is 0 Å². The molecule has 0 bridgehead atoms. The smallest absolute Gasteiger partial charge is 0.265 e. The molecule has 0 aliphatic carbocycles. The van der Waals surface area contributed by atoms with Crippen LogP contribution in [-0.2, 0) is 11.3 Å². The molecule has 3 aromatic rings. The number of imidazole rings is 1. The van der Waals surface area contributed by atoms with Crippen molar-refractivity contribution in [2.24, 2.45) is 0 Å². The maximum Gasteiger partial charge on any atom is 0.265 e. The Hall–Kier alpha value is -3.24. The number of alkyl halides is 2. The van der Waals surface area contributed by atoms with E-state index in [0.717, 1.165) is 5.56 Å². The molecule has 1 N–H and O–H groups in total. The third kappa shape index (κ3) is 4.23. The lowest BCUT2D eigenvalue weighted by atomic mass is 10.1. The van der Waals surface area contributed by atoms with E-state index in [-0.39, 0.29) is 18.7 Å². The molecule has 1 aliphatic heterocycles. The van der Waals surface area contributed by atoms with Crippen molar-refractivity contribution < 1.29 is 13.6 Å². The van der Waals surface area contributed by atoms with Crippen molar-refractivity contribution in [1.29, 1.82) is 0 Å². The summed E-state index contributed by atoms with van der Waals surface area (Å²) in [6.07, 6.45) is 5.32. The summed E-state index contributed by atoms with van der Waals surface area (Å²) >= 11 is 0. The number of carbonyl (C=O) groups excluding carboxylic acids is 1. The molecule has 0 radical (unpaired) electrons. The van der Waals surface area contributed by atoms with Crippen LogP contribution < -0.4 is 5.32 Å². The summed E-state index contributed by atoms with van der Waals surface area (Å²) in [7, 11) is 0. The number of halogens is 2. The molecule has 32 heavy (non-hydrogen) atoms. The molecule has 0 saturated carbocycles. The van der Waals surface area contributed by atoms with E-state index in [2.05, 4.69) is 25.3 Å².